The SMILES string of the molecule is C[C@]12CCC(N)=CC1CC[C@@H]1[C@H]2CC[C@]2(C)C(O)=CC[C@@H]12. The van der Waals surface area contributed by atoms with Gasteiger partial charge in [-0.2, -0.15) is 0 Å². The van der Waals surface area contributed by atoms with Crippen molar-refractivity contribution < 1.29 is 5.11 Å². The molecular weight excluding hydrogens is 258 g/mol. The Morgan fingerprint density at radius 3 is 2.76 bits per heavy atom. The van der Waals surface area contributed by atoms with Crippen LogP contribution in [0.2, 0.25) is 0 Å². The van der Waals surface area contributed by atoms with Crippen LogP contribution in [-0.4, -0.2) is 5.11 Å². The summed E-state index contributed by atoms with van der Waals surface area (Å²) in [6.07, 6.45) is 13.0. The summed E-state index contributed by atoms with van der Waals surface area (Å²) in [4.78, 5) is 0. The molecule has 0 aromatic rings. The molecule has 3 N–H and O–H groups in total. The topological polar surface area (TPSA) is 46.2 Å². The summed E-state index contributed by atoms with van der Waals surface area (Å²) in [6, 6.07) is 0. The highest BCUT2D eigenvalue weighted by Crippen LogP contribution is 2.65. The first-order chi connectivity index (χ1) is 9.95. The van der Waals surface area contributed by atoms with Crippen LogP contribution in [0.4, 0.5) is 0 Å². The molecule has 1 unspecified atom stereocenters. The van der Waals surface area contributed by atoms with E-state index >= 15 is 0 Å². The average Bonchev–Trinajstić information content (AvgIpc) is 2.76. The molecule has 4 aliphatic carbocycles. The zero-order valence-electron chi connectivity index (χ0n) is 13.4. The van der Waals surface area contributed by atoms with Crippen molar-refractivity contribution in [3.63, 3.8) is 0 Å². The van der Waals surface area contributed by atoms with E-state index in [1.807, 2.05) is 0 Å². The van der Waals surface area contributed by atoms with Crippen molar-refractivity contribution in [2.24, 2.45) is 40.2 Å². The molecule has 2 heteroatoms. The molecule has 0 radical (unpaired) electrons. The van der Waals surface area contributed by atoms with E-state index in [0.29, 0.717) is 23.0 Å². The molecule has 0 amide bonds. The fourth-order valence-electron chi connectivity index (χ4n) is 6.43. The van der Waals surface area contributed by atoms with Gasteiger partial charge in [-0.25, -0.2) is 0 Å². The molecule has 2 nitrogen and oxygen atoms in total. The van der Waals surface area contributed by atoms with Gasteiger partial charge < -0.3 is 10.8 Å². The van der Waals surface area contributed by atoms with E-state index in [1.54, 1.807) is 0 Å². The lowest BCUT2D eigenvalue weighted by Crippen LogP contribution is -2.52. The van der Waals surface area contributed by atoms with Crippen LogP contribution in [-0.2, 0) is 0 Å². The van der Waals surface area contributed by atoms with Gasteiger partial charge >= 0.3 is 0 Å². The Morgan fingerprint density at radius 1 is 1.14 bits per heavy atom. The van der Waals surface area contributed by atoms with Gasteiger partial charge in [0.2, 0.25) is 0 Å². The van der Waals surface area contributed by atoms with Gasteiger partial charge in [0, 0.05) is 11.1 Å². The summed E-state index contributed by atoms with van der Waals surface area (Å²) in [5.41, 5.74) is 7.76. The molecule has 0 heterocycles. The average molecular weight is 287 g/mol. The van der Waals surface area contributed by atoms with E-state index in [0.717, 1.165) is 30.4 Å². The highest BCUT2D eigenvalue weighted by molar-refractivity contribution is 5.22. The van der Waals surface area contributed by atoms with E-state index in [4.69, 9.17) is 5.73 Å². The van der Waals surface area contributed by atoms with Crippen LogP contribution in [0.15, 0.2) is 23.6 Å². The summed E-state index contributed by atoms with van der Waals surface area (Å²) in [5, 5.41) is 10.3. The lowest BCUT2D eigenvalue weighted by atomic mass is 9.46. The lowest BCUT2D eigenvalue weighted by molar-refractivity contribution is -0.0834. The maximum Gasteiger partial charge on any atom is 0.0944 e. The maximum absolute atomic E-state index is 10.3. The van der Waals surface area contributed by atoms with Crippen molar-refractivity contribution in [1.29, 1.82) is 0 Å². The van der Waals surface area contributed by atoms with Gasteiger partial charge in [0.1, 0.15) is 0 Å². The number of fused-ring (bicyclic) bond motifs is 5. The van der Waals surface area contributed by atoms with Crippen LogP contribution < -0.4 is 5.73 Å². The number of rotatable bonds is 0. The summed E-state index contributed by atoms with van der Waals surface area (Å²) >= 11 is 0. The minimum atomic E-state index is 0.0773. The summed E-state index contributed by atoms with van der Waals surface area (Å²) in [5.74, 6) is 3.69. The second kappa shape index (κ2) is 4.30. The van der Waals surface area contributed by atoms with Gasteiger partial charge in [0.15, 0.2) is 0 Å². The lowest BCUT2D eigenvalue weighted by Gasteiger charge is -2.59. The molecule has 2 fully saturated rings. The van der Waals surface area contributed by atoms with Gasteiger partial charge in [-0.3, -0.25) is 0 Å². The minimum absolute atomic E-state index is 0.0773. The Balaban J connectivity index is 1.66. The molecule has 0 aromatic heterocycles. The van der Waals surface area contributed by atoms with Gasteiger partial charge in [0.05, 0.1) is 5.76 Å². The fourth-order valence-corrected chi connectivity index (χ4v) is 6.43. The molecule has 0 saturated heterocycles. The Kier molecular flexibility index (Phi) is 2.81. The van der Waals surface area contributed by atoms with Gasteiger partial charge in [-0.1, -0.05) is 19.9 Å². The van der Waals surface area contributed by atoms with Crippen LogP contribution in [0.5, 0.6) is 0 Å². The van der Waals surface area contributed by atoms with Crippen molar-refractivity contribution in [3.05, 3.63) is 23.6 Å². The molecule has 0 aromatic carbocycles. The molecule has 0 bridgehead atoms. The van der Waals surface area contributed by atoms with Crippen molar-refractivity contribution in [2.45, 2.75) is 58.8 Å². The number of nitrogens with two attached hydrogens (primary N) is 1. The molecule has 4 aliphatic rings. The van der Waals surface area contributed by atoms with Crippen LogP contribution >= 0.6 is 0 Å². The minimum Gasteiger partial charge on any atom is -0.512 e. The Hall–Kier alpha value is -0.920. The number of aliphatic hydroxyl groups is 1. The second-order valence-corrected chi connectivity index (χ2v) is 8.59. The zero-order chi connectivity index (χ0) is 14.8. The van der Waals surface area contributed by atoms with Gasteiger partial charge in [-0.05, 0) is 80.1 Å². The maximum atomic E-state index is 10.3. The smallest absolute Gasteiger partial charge is 0.0944 e. The first-order valence-electron chi connectivity index (χ1n) is 8.81. The molecule has 2 saturated carbocycles. The highest BCUT2D eigenvalue weighted by Gasteiger charge is 2.58. The van der Waals surface area contributed by atoms with Crippen LogP contribution in [0.25, 0.3) is 0 Å². The van der Waals surface area contributed by atoms with E-state index in [9.17, 15) is 5.11 Å². The normalized spacial score (nSPS) is 52.3. The first-order valence-corrected chi connectivity index (χ1v) is 8.81. The van der Waals surface area contributed by atoms with E-state index in [-0.39, 0.29) is 5.41 Å². The van der Waals surface area contributed by atoms with Crippen molar-refractivity contribution in [1.82, 2.24) is 0 Å². The van der Waals surface area contributed by atoms with Crippen LogP contribution in [0.3, 0.4) is 0 Å². The quantitative estimate of drug-likeness (QED) is 0.687. The van der Waals surface area contributed by atoms with Gasteiger partial charge in [0.25, 0.3) is 0 Å². The molecule has 0 spiro atoms. The Labute approximate surface area is 128 Å². The molecule has 21 heavy (non-hydrogen) atoms. The third-order valence-corrected chi connectivity index (χ3v) is 7.85. The monoisotopic (exact) mass is 287 g/mol. The first kappa shape index (κ1) is 13.7. The standard InChI is InChI=1S/C19H29NO/c1-18-9-7-13(20)11-12(18)3-4-14-15-5-6-17(21)19(15,2)10-8-16(14)18/h6,11-12,14-16,21H,3-5,7-10,20H2,1-2H3/t12?,14-,15-,16+,18-,19-/m0/s1. The van der Waals surface area contributed by atoms with Crippen molar-refractivity contribution in [3.8, 4) is 0 Å². The number of aliphatic hydroxyl groups excluding tert-OH is 1. The van der Waals surface area contributed by atoms with Crippen molar-refractivity contribution in [2.75, 3.05) is 0 Å². The molecule has 0 aliphatic heterocycles. The summed E-state index contributed by atoms with van der Waals surface area (Å²) in [6.45, 7) is 4.84. The molecule has 6 atom stereocenters. The van der Waals surface area contributed by atoms with E-state index in [1.165, 1.54) is 32.1 Å². The number of hydrogen-bond acceptors (Lipinski definition) is 2. The Bertz CT molecular complexity index is 522. The summed E-state index contributed by atoms with van der Waals surface area (Å²) in [7, 11) is 0. The predicted molar refractivity (Wildman–Crippen MR) is 85.5 cm³/mol. The van der Waals surface area contributed by atoms with Crippen molar-refractivity contribution >= 4 is 0 Å². The number of hydrogen-bond donors (Lipinski definition) is 2. The van der Waals surface area contributed by atoms with E-state index < -0.39 is 0 Å². The Morgan fingerprint density at radius 2 is 1.95 bits per heavy atom. The summed E-state index contributed by atoms with van der Waals surface area (Å²) < 4.78 is 0. The van der Waals surface area contributed by atoms with Crippen LogP contribution in [0.1, 0.15) is 58.8 Å². The largest absolute Gasteiger partial charge is 0.512 e. The molecule has 4 rings (SSSR count). The van der Waals surface area contributed by atoms with E-state index in [2.05, 4.69) is 26.0 Å². The second-order valence-electron chi connectivity index (χ2n) is 8.59. The van der Waals surface area contributed by atoms with Gasteiger partial charge in [-0.15, -0.1) is 0 Å². The third-order valence-electron chi connectivity index (χ3n) is 7.85. The third kappa shape index (κ3) is 1.71. The fraction of sp³-hybridized carbons (Fsp3) is 0.789. The molecular formula is C19H29NO. The molecule has 116 valence electrons. The highest BCUT2D eigenvalue weighted by atomic mass is 16.3. The zero-order valence-corrected chi connectivity index (χ0v) is 13.4. The predicted octanol–water partition coefficient (Wildman–Crippen LogP) is 4.53. The number of allylic oxidation sites excluding steroid dienone is 4. The van der Waals surface area contributed by atoms with Crippen LogP contribution in [0, 0.1) is 34.5 Å².